The molecule has 0 radical (unpaired) electrons. The Labute approximate surface area is 122 Å². The number of ether oxygens (including phenoxy) is 4. The standard InChI is InChI=1S/C11H22INO5/c12-13-2-5-16-7-9-18-11-10-17-8-6-15-4-1-3-14/h3,13H,1-2,4-11H2. The van der Waals surface area contributed by atoms with Gasteiger partial charge in [-0.05, 0) is 0 Å². The summed E-state index contributed by atoms with van der Waals surface area (Å²) in [5.41, 5.74) is 0. The lowest BCUT2D eigenvalue weighted by atomic mass is 10.5. The number of carbonyl (C=O) groups excluding carboxylic acids is 1. The van der Waals surface area contributed by atoms with Crippen molar-refractivity contribution in [1.29, 1.82) is 0 Å². The molecule has 18 heavy (non-hydrogen) atoms. The zero-order valence-corrected chi connectivity index (χ0v) is 12.7. The van der Waals surface area contributed by atoms with Gasteiger partial charge in [-0.25, -0.2) is 0 Å². The predicted molar refractivity (Wildman–Crippen MR) is 76.0 cm³/mol. The van der Waals surface area contributed by atoms with Gasteiger partial charge in [0.1, 0.15) is 6.29 Å². The third-order valence-electron chi connectivity index (χ3n) is 1.84. The minimum Gasteiger partial charge on any atom is -0.379 e. The van der Waals surface area contributed by atoms with E-state index < -0.39 is 0 Å². The molecule has 0 unspecified atom stereocenters. The Balaban J connectivity index is 2.88. The van der Waals surface area contributed by atoms with Gasteiger partial charge in [0.05, 0.1) is 52.9 Å². The second-order valence-electron chi connectivity index (χ2n) is 3.29. The summed E-state index contributed by atoms with van der Waals surface area (Å²) >= 11 is 2.08. The summed E-state index contributed by atoms with van der Waals surface area (Å²) in [4.78, 5) is 9.98. The van der Waals surface area contributed by atoms with Crippen molar-refractivity contribution in [3.63, 3.8) is 0 Å². The first-order valence-electron chi connectivity index (χ1n) is 6.00. The molecule has 0 amide bonds. The highest BCUT2D eigenvalue weighted by molar-refractivity contribution is 14.1. The molecule has 0 atom stereocenters. The summed E-state index contributed by atoms with van der Waals surface area (Å²) in [6, 6.07) is 0. The van der Waals surface area contributed by atoms with E-state index in [9.17, 15) is 4.79 Å². The SMILES string of the molecule is O=CCCOCCOCCOCCOCCNI. The molecular weight excluding hydrogens is 353 g/mol. The van der Waals surface area contributed by atoms with E-state index in [0.717, 1.165) is 12.8 Å². The fourth-order valence-electron chi connectivity index (χ4n) is 1.00. The zero-order valence-electron chi connectivity index (χ0n) is 10.6. The number of hydrogen-bond acceptors (Lipinski definition) is 6. The van der Waals surface area contributed by atoms with Gasteiger partial charge in [-0.15, -0.1) is 0 Å². The average molecular weight is 375 g/mol. The number of halogens is 1. The summed E-state index contributed by atoms with van der Waals surface area (Å²) in [6.07, 6.45) is 1.28. The molecule has 0 aromatic rings. The van der Waals surface area contributed by atoms with Crippen LogP contribution in [0, 0.1) is 0 Å². The first-order chi connectivity index (χ1) is 8.91. The van der Waals surface area contributed by atoms with Crippen LogP contribution in [0.3, 0.4) is 0 Å². The second kappa shape index (κ2) is 17.2. The van der Waals surface area contributed by atoms with Gasteiger partial charge < -0.3 is 23.7 Å². The van der Waals surface area contributed by atoms with Crippen LogP contribution in [-0.4, -0.2) is 65.7 Å². The maximum atomic E-state index is 9.98. The third-order valence-corrected chi connectivity index (χ3v) is 2.38. The minimum absolute atomic E-state index is 0.441. The van der Waals surface area contributed by atoms with Crippen LogP contribution in [-0.2, 0) is 23.7 Å². The number of rotatable bonds is 15. The average Bonchev–Trinajstić information content (AvgIpc) is 2.39. The lowest BCUT2D eigenvalue weighted by Gasteiger charge is -2.06. The molecule has 108 valence electrons. The second-order valence-corrected chi connectivity index (χ2v) is 4.05. The minimum atomic E-state index is 0.441. The topological polar surface area (TPSA) is 66.0 Å². The summed E-state index contributed by atoms with van der Waals surface area (Å²) in [6.45, 7) is 5.34. The van der Waals surface area contributed by atoms with Gasteiger partial charge >= 0.3 is 0 Å². The van der Waals surface area contributed by atoms with Crippen molar-refractivity contribution in [1.82, 2.24) is 3.53 Å². The van der Waals surface area contributed by atoms with E-state index in [1.165, 1.54) is 0 Å². The van der Waals surface area contributed by atoms with E-state index in [-0.39, 0.29) is 0 Å². The van der Waals surface area contributed by atoms with E-state index >= 15 is 0 Å². The van der Waals surface area contributed by atoms with Crippen molar-refractivity contribution in [2.45, 2.75) is 6.42 Å². The maximum absolute atomic E-state index is 9.98. The highest BCUT2D eigenvalue weighted by Gasteiger charge is 1.92. The monoisotopic (exact) mass is 375 g/mol. The van der Waals surface area contributed by atoms with Crippen molar-refractivity contribution >= 4 is 29.2 Å². The lowest BCUT2D eigenvalue weighted by Crippen LogP contribution is -2.14. The summed E-state index contributed by atoms with van der Waals surface area (Å²) in [5.74, 6) is 0. The molecule has 0 aromatic carbocycles. The van der Waals surface area contributed by atoms with Crippen LogP contribution in [0.5, 0.6) is 0 Å². The Morgan fingerprint density at radius 3 is 1.67 bits per heavy atom. The highest BCUT2D eigenvalue weighted by Crippen LogP contribution is 1.83. The molecule has 0 aliphatic heterocycles. The van der Waals surface area contributed by atoms with Crippen LogP contribution in [0.1, 0.15) is 6.42 Å². The number of aldehydes is 1. The van der Waals surface area contributed by atoms with Crippen LogP contribution in [0.4, 0.5) is 0 Å². The van der Waals surface area contributed by atoms with E-state index in [1.807, 2.05) is 0 Å². The smallest absolute Gasteiger partial charge is 0.122 e. The van der Waals surface area contributed by atoms with Crippen LogP contribution in [0.15, 0.2) is 0 Å². The van der Waals surface area contributed by atoms with E-state index in [1.54, 1.807) is 0 Å². The summed E-state index contributed by atoms with van der Waals surface area (Å²) in [5, 5.41) is 0. The van der Waals surface area contributed by atoms with Crippen molar-refractivity contribution in [3.8, 4) is 0 Å². The van der Waals surface area contributed by atoms with Crippen LogP contribution < -0.4 is 3.53 Å². The number of carbonyl (C=O) groups is 1. The largest absolute Gasteiger partial charge is 0.379 e. The summed E-state index contributed by atoms with van der Waals surface area (Å²) < 4.78 is 23.9. The third kappa shape index (κ3) is 16.2. The first-order valence-corrected chi connectivity index (χ1v) is 7.07. The van der Waals surface area contributed by atoms with Gasteiger partial charge in [0.25, 0.3) is 0 Å². The highest BCUT2D eigenvalue weighted by atomic mass is 127. The molecule has 0 saturated carbocycles. The van der Waals surface area contributed by atoms with Gasteiger partial charge in [0.2, 0.25) is 0 Å². The van der Waals surface area contributed by atoms with E-state index in [4.69, 9.17) is 18.9 Å². The first kappa shape index (κ1) is 18.2. The number of nitrogens with one attached hydrogen (secondary N) is 1. The van der Waals surface area contributed by atoms with Gasteiger partial charge in [-0.3, -0.25) is 3.53 Å². The van der Waals surface area contributed by atoms with Gasteiger partial charge in [0.15, 0.2) is 0 Å². The lowest BCUT2D eigenvalue weighted by molar-refractivity contribution is -0.108. The van der Waals surface area contributed by atoms with Gasteiger partial charge in [-0.1, -0.05) is 0 Å². The fourth-order valence-corrected chi connectivity index (χ4v) is 1.22. The molecule has 6 nitrogen and oxygen atoms in total. The molecule has 0 spiro atoms. The van der Waals surface area contributed by atoms with Gasteiger partial charge in [0, 0.05) is 35.8 Å². The molecule has 0 aliphatic rings. The molecule has 7 heteroatoms. The Morgan fingerprint density at radius 1 is 0.778 bits per heavy atom. The Bertz CT molecular complexity index is 174. The molecule has 0 fully saturated rings. The molecule has 0 heterocycles. The normalized spacial score (nSPS) is 10.7. The maximum Gasteiger partial charge on any atom is 0.122 e. The number of hydrogen-bond donors (Lipinski definition) is 1. The molecule has 0 aromatic heterocycles. The van der Waals surface area contributed by atoms with Gasteiger partial charge in [-0.2, -0.15) is 0 Å². The molecule has 0 rings (SSSR count). The Morgan fingerprint density at radius 2 is 1.22 bits per heavy atom. The molecule has 0 saturated heterocycles. The van der Waals surface area contributed by atoms with Crippen LogP contribution in [0.25, 0.3) is 0 Å². The van der Waals surface area contributed by atoms with E-state index in [0.29, 0.717) is 59.3 Å². The summed E-state index contributed by atoms with van der Waals surface area (Å²) in [7, 11) is 0. The Hall–Kier alpha value is 0.200. The van der Waals surface area contributed by atoms with E-state index in [2.05, 4.69) is 26.4 Å². The van der Waals surface area contributed by atoms with Crippen LogP contribution >= 0.6 is 22.9 Å². The predicted octanol–water partition coefficient (Wildman–Crippen LogP) is 0.581. The Kier molecular flexibility index (Phi) is 17.4. The molecule has 0 aliphatic carbocycles. The molecular formula is C11H22INO5. The fraction of sp³-hybridized carbons (Fsp3) is 0.909. The van der Waals surface area contributed by atoms with Crippen molar-refractivity contribution in [2.24, 2.45) is 0 Å². The van der Waals surface area contributed by atoms with Crippen molar-refractivity contribution in [3.05, 3.63) is 0 Å². The quantitative estimate of drug-likeness (QED) is 0.196. The zero-order chi connectivity index (χ0) is 13.3. The van der Waals surface area contributed by atoms with Crippen molar-refractivity contribution < 1.29 is 23.7 Å². The van der Waals surface area contributed by atoms with Crippen molar-refractivity contribution in [2.75, 3.05) is 59.4 Å². The van der Waals surface area contributed by atoms with Crippen LogP contribution in [0.2, 0.25) is 0 Å². The molecule has 0 bridgehead atoms. The molecule has 1 N–H and O–H groups in total.